The molecule has 0 aliphatic carbocycles. The van der Waals surface area contributed by atoms with Gasteiger partial charge in [0.25, 0.3) is 0 Å². The number of hydrogen-bond donors (Lipinski definition) is 1. The summed E-state index contributed by atoms with van der Waals surface area (Å²) in [5.41, 5.74) is 1.01. The number of amides is 1. The van der Waals surface area contributed by atoms with Crippen LogP contribution in [0.15, 0.2) is 30.3 Å². The highest BCUT2D eigenvalue weighted by molar-refractivity contribution is 7.92. The number of piperidine rings is 1. The van der Waals surface area contributed by atoms with Crippen LogP contribution in [0.1, 0.15) is 24.5 Å². The lowest BCUT2D eigenvalue weighted by Crippen LogP contribution is -2.60. The second-order valence-corrected chi connectivity index (χ2v) is 8.86. The molecule has 1 aromatic carbocycles. The van der Waals surface area contributed by atoms with Gasteiger partial charge in [0.2, 0.25) is 5.91 Å². The normalized spacial score (nSPS) is 23.6. The van der Waals surface area contributed by atoms with Crippen molar-refractivity contribution in [1.29, 1.82) is 0 Å². The van der Waals surface area contributed by atoms with E-state index in [1.807, 2.05) is 30.3 Å². The Kier molecular flexibility index (Phi) is 6.48. The highest BCUT2D eigenvalue weighted by Crippen LogP contribution is 2.32. The first kappa shape index (κ1) is 20.2. The van der Waals surface area contributed by atoms with Crippen molar-refractivity contribution in [1.82, 2.24) is 10.2 Å². The molecule has 2 aliphatic rings. The van der Waals surface area contributed by atoms with Crippen LogP contribution in [0.4, 0.5) is 0 Å². The number of nitrogens with zero attached hydrogens (tertiary/aromatic N) is 1. The summed E-state index contributed by atoms with van der Waals surface area (Å²) in [6.07, 6.45) is 1.64. The predicted octanol–water partition coefficient (Wildman–Crippen LogP) is 1.18. The van der Waals surface area contributed by atoms with Gasteiger partial charge >= 0.3 is 0 Å². The van der Waals surface area contributed by atoms with Crippen LogP contribution in [-0.4, -0.2) is 63.0 Å². The average molecular weight is 389 g/mol. The number of morpholine rings is 1. The van der Waals surface area contributed by atoms with Crippen LogP contribution >= 0.6 is 12.4 Å². The monoisotopic (exact) mass is 388 g/mol. The molecule has 2 saturated heterocycles. The summed E-state index contributed by atoms with van der Waals surface area (Å²) in [4.78, 5) is 14.8. The van der Waals surface area contributed by atoms with E-state index < -0.39 is 14.6 Å². The number of rotatable bonds is 3. The van der Waals surface area contributed by atoms with E-state index in [0.717, 1.165) is 5.56 Å². The van der Waals surface area contributed by atoms with E-state index in [1.54, 1.807) is 4.90 Å². The number of nitrogens with one attached hydrogen (secondary N) is 1. The molecule has 8 heteroatoms. The van der Waals surface area contributed by atoms with Gasteiger partial charge in [0, 0.05) is 12.8 Å². The third kappa shape index (κ3) is 4.00. The molecule has 0 aromatic heterocycles. The molecule has 0 saturated carbocycles. The van der Waals surface area contributed by atoms with E-state index in [4.69, 9.17) is 4.74 Å². The van der Waals surface area contributed by atoms with Crippen molar-refractivity contribution in [2.24, 2.45) is 0 Å². The Hall–Kier alpha value is -1.15. The zero-order valence-corrected chi connectivity index (χ0v) is 15.9. The largest absolute Gasteiger partial charge is 0.370 e. The van der Waals surface area contributed by atoms with Gasteiger partial charge in [-0.05, 0) is 31.5 Å². The van der Waals surface area contributed by atoms with Crippen LogP contribution in [0, 0.1) is 0 Å². The van der Waals surface area contributed by atoms with Crippen molar-refractivity contribution in [3.05, 3.63) is 35.9 Å². The van der Waals surface area contributed by atoms with Crippen molar-refractivity contribution >= 4 is 28.2 Å². The minimum Gasteiger partial charge on any atom is -0.370 e. The molecule has 25 heavy (non-hydrogen) atoms. The molecule has 0 radical (unpaired) electrons. The molecule has 0 bridgehead atoms. The van der Waals surface area contributed by atoms with E-state index in [2.05, 4.69) is 5.32 Å². The zero-order chi connectivity index (χ0) is 17.2. The van der Waals surface area contributed by atoms with E-state index in [1.165, 1.54) is 6.26 Å². The van der Waals surface area contributed by atoms with Crippen LogP contribution in [0.5, 0.6) is 0 Å². The Morgan fingerprint density at radius 1 is 1.24 bits per heavy atom. The first-order valence-electron chi connectivity index (χ1n) is 8.30. The van der Waals surface area contributed by atoms with Gasteiger partial charge in [0.05, 0.1) is 13.2 Å². The maximum atomic E-state index is 13.2. The molecule has 3 rings (SSSR count). The first-order chi connectivity index (χ1) is 11.4. The maximum Gasteiger partial charge on any atom is 0.244 e. The fraction of sp³-hybridized carbons (Fsp3) is 0.588. The summed E-state index contributed by atoms with van der Waals surface area (Å²) in [5.74, 6) is -0.268. The number of benzene rings is 1. The fourth-order valence-electron chi connectivity index (χ4n) is 3.57. The second kappa shape index (κ2) is 8.03. The molecule has 2 aliphatic heterocycles. The van der Waals surface area contributed by atoms with Crippen molar-refractivity contribution in [2.75, 3.05) is 39.0 Å². The van der Waals surface area contributed by atoms with Crippen LogP contribution in [0.3, 0.4) is 0 Å². The van der Waals surface area contributed by atoms with Gasteiger partial charge in [-0.25, -0.2) is 8.42 Å². The lowest BCUT2D eigenvalue weighted by Gasteiger charge is -2.41. The van der Waals surface area contributed by atoms with Crippen molar-refractivity contribution in [3.8, 4) is 0 Å². The lowest BCUT2D eigenvalue weighted by atomic mass is 9.94. The highest BCUT2D eigenvalue weighted by atomic mass is 35.5. The minimum absolute atomic E-state index is 0. The number of ether oxygens (including phenoxy) is 1. The number of hydrogen-bond acceptors (Lipinski definition) is 5. The molecule has 2 fully saturated rings. The van der Waals surface area contributed by atoms with Gasteiger partial charge in [-0.3, -0.25) is 4.79 Å². The third-order valence-electron chi connectivity index (χ3n) is 5.04. The molecule has 1 atom stereocenters. The summed E-state index contributed by atoms with van der Waals surface area (Å²) in [6, 6.07) is 9.74. The van der Waals surface area contributed by atoms with Crippen LogP contribution in [0.25, 0.3) is 0 Å². The summed E-state index contributed by atoms with van der Waals surface area (Å²) in [5, 5.41) is 3.14. The Morgan fingerprint density at radius 3 is 2.48 bits per heavy atom. The van der Waals surface area contributed by atoms with Crippen molar-refractivity contribution in [2.45, 2.75) is 23.7 Å². The third-order valence-corrected chi connectivity index (χ3v) is 7.04. The Balaban J connectivity index is 0.00000225. The number of sulfone groups is 1. The summed E-state index contributed by atoms with van der Waals surface area (Å²) in [6.45, 7) is 2.35. The van der Waals surface area contributed by atoms with Crippen LogP contribution in [-0.2, 0) is 19.4 Å². The second-order valence-electron chi connectivity index (χ2n) is 6.54. The smallest absolute Gasteiger partial charge is 0.244 e. The summed E-state index contributed by atoms with van der Waals surface area (Å²) < 4.78 is 29.4. The molecule has 1 aromatic rings. The molecule has 0 spiro atoms. The Bertz CT molecular complexity index is 690. The SMILES string of the molecule is CS(=O)(=O)C1(C(=O)N2CCOC(c3ccccc3)C2)CCNCC1.Cl. The minimum atomic E-state index is -3.49. The maximum absolute atomic E-state index is 13.2. The van der Waals surface area contributed by atoms with E-state index in [9.17, 15) is 13.2 Å². The molecule has 1 amide bonds. The van der Waals surface area contributed by atoms with Gasteiger partial charge in [-0.1, -0.05) is 30.3 Å². The zero-order valence-electron chi connectivity index (χ0n) is 14.3. The quantitative estimate of drug-likeness (QED) is 0.841. The summed E-state index contributed by atoms with van der Waals surface area (Å²) >= 11 is 0. The fourth-order valence-corrected chi connectivity index (χ4v) is 4.96. The van der Waals surface area contributed by atoms with E-state index in [-0.39, 0.29) is 24.4 Å². The first-order valence-corrected chi connectivity index (χ1v) is 10.2. The molecule has 140 valence electrons. The predicted molar refractivity (Wildman–Crippen MR) is 98.6 cm³/mol. The summed E-state index contributed by atoms with van der Waals surface area (Å²) in [7, 11) is -3.49. The average Bonchev–Trinajstić information content (AvgIpc) is 2.61. The van der Waals surface area contributed by atoms with Gasteiger partial charge in [0.1, 0.15) is 6.10 Å². The molecule has 1 N–H and O–H groups in total. The number of halogens is 1. The van der Waals surface area contributed by atoms with Crippen LogP contribution < -0.4 is 5.32 Å². The van der Waals surface area contributed by atoms with Crippen LogP contribution in [0.2, 0.25) is 0 Å². The van der Waals surface area contributed by atoms with Gasteiger partial charge in [-0.2, -0.15) is 0 Å². The van der Waals surface area contributed by atoms with Gasteiger partial charge in [0.15, 0.2) is 14.6 Å². The van der Waals surface area contributed by atoms with Crippen molar-refractivity contribution in [3.63, 3.8) is 0 Å². The topological polar surface area (TPSA) is 75.7 Å². The number of carbonyl (C=O) groups excluding carboxylic acids is 1. The van der Waals surface area contributed by atoms with E-state index >= 15 is 0 Å². The molecular formula is C17H25ClN2O4S. The number of carbonyl (C=O) groups is 1. The Morgan fingerprint density at radius 2 is 1.88 bits per heavy atom. The van der Waals surface area contributed by atoms with Crippen molar-refractivity contribution < 1.29 is 17.9 Å². The lowest BCUT2D eigenvalue weighted by molar-refractivity contribution is -0.142. The van der Waals surface area contributed by atoms with Gasteiger partial charge < -0.3 is 15.0 Å². The molecule has 2 heterocycles. The van der Waals surface area contributed by atoms with Gasteiger partial charge in [-0.15, -0.1) is 12.4 Å². The molecule has 6 nitrogen and oxygen atoms in total. The van der Waals surface area contributed by atoms with E-state index in [0.29, 0.717) is 45.6 Å². The standard InChI is InChI=1S/C17H24N2O4S.ClH/c1-24(21,22)17(7-9-18-10-8-17)16(20)19-11-12-23-15(13-19)14-5-3-2-4-6-14;/h2-6,15,18H,7-13H2,1H3;1H. The highest BCUT2D eigenvalue weighted by Gasteiger charge is 2.51. The molecular weight excluding hydrogens is 364 g/mol. The molecule has 1 unspecified atom stereocenters. The Labute approximate surface area is 155 Å².